The first kappa shape index (κ1) is 16.7. The molecular formula is C16H27N5O. The van der Waals surface area contributed by atoms with Crippen LogP contribution in [0, 0.1) is 19.8 Å². The Morgan fingerprint density at radius 2 is 2.09 bits per heavy atom. The summed E-state index contributed by atoms with van der Waals surface area (Å²) in [6.45, 7) is 10.5. The highest BCUT2D eigenvalue weighted by Gasteiger charge is 2.25. The topological polar surface area (TPSA) is 75.4 Å². The molecule has 1 aliphatic heterocycles. The Bertz CT molecular complexity index is 558. The number of anilines is 1. The maximum absolute atomic E-state index is 12.5. The first-order chi connectivity index (χ1) is 10.3. The van der Waals surface area contributed by atoms with Crippen LogP contribution in [0.3, 0.4) is 0 Å². The third-order valence-corrected chi connectivity index (χ3v) is 4.06. The normalized spacial score (nSPS) is 18.1. The molecule has 0 bridgehead atoms. The van der Waals surface area contributed by atoms with Crippen LogP contribution >= 0.6 is 0 Å². The number of rotatable bonds is 4. The quantitative estimate of drug-likeness (QED) is 0.909. The largest absolute Gasteiger partial charge is 0.355 e. The van der Waals surface area contributed by atoms with Gasteiger partial charge in [-0.3, -0.25) is 4.79 Å². The number of amides is 1. The van der Waals surface area contributed by atoms with Crippen molar-refractivity contribution >= 4 is 11.7 Å². The molecule has 0 radical (unpaired) electrons. The Morgan fingerprint density at radius 1 is 1.41 bits per heavy atom. The molecule has 1 aliphatic rings. The number of nitrogens with two attached hydrogens (primary N) is 1. The van der Waals surface area contributed by atoms with E-state index in [0.717, 1.165) is 36.6 Å². The van der Waals surface area contributed by atoms with Gasteiger partial charge in [-0.1, -0.05) is 13.8 Å². The van der Waals surface area contributed by atoms with E-state index in [0.29, 0.717) is 12.5 Å². The highest BCUT2D eigenvalue weighted by Crippen LogP contribution is 2.23. The first-order valence-corrected chi connectivity index (χ1v) is 7.90. The molecule has 2 N–H and O–H groups in total. The van der Waals surface area contributed by atoms with Gasteiger partial charge in [0.25, 0.3) is 5.91 Å². The fourth-order valence-corrected chi connectivity index (χ4v) is 2.80. The molecule has 22 heavy (non-hydrogen) atoms. The van der Waals surface area contributed by atoms with Gasteiger partial charge in [-0.2, -0.15) is 0 Å². The molecule has 1 aromatic rings. The van der Waals surface area contributed by atoms with Crippen molar-refractivity contribution in [3.8, 4) is 0 Å². The van der Waals surface area contributed by atoms with E-state index in [1.807, 2.05) is 13.8 Å². The Hall–Kier alpha value is -1.69. The molecule has 0 aliphatic carbocycles. The van der Waals surface area contributed by atoms with Crippen LogP contribution in [0.4, 0.5) is 5.82 Å². The van der Waals surface area contributed by atoms with Crippen molar-refractivity contribution in [2.45, 2.75) is 40.2 Å². The third kappa shape index (κ3) is 3.55. The van der Waals surface area contributed by atoms with Crippen LogP contribution in [-0.2, 0) is 0 Å². The zero-order chi connectivity index (χ0) is 16.4. The Morgan fingerprint density at radius 3 is 2.64 bits per heavy atom. The second-order valence-corrected chi connectivity index (χ2v) is 6.66. The smallest absolute Gasteiger partial charge is 0.291 e. The molecule has 0 unspecified atom stereocenters. The average molecular weight is 305 g/mol. The standard InChI is InChI=1S/C16H27N5O/c1-10(2)8-20(5)16(22)14-18-12(4)11(3)15(19-14)21-7-6-13(17)9-21/h10,13H,6-9,17H2,1-5H3/t13-/m1/s1. The molecule has 1 amide bonds. The van der Waals surface area contributed by atoms with Crippen LogP contribution in [-0.4, -0.2) is 53.5 Å². The molecule has 0 saturated carbocycles. The minimum absolute atomic E-state index is 0.124. The number of carbonyl (C=O) groups is 1. The van der Waals surface area contributed by atoms with Gasteiger partial charge in [0.15, 0.2) is 0 Å². The maximum Gasteiger partial charge on any atom is 0.291 e. The van der Waals surface area contributed by atoms with Crippen LogP contribution in [0.2, 0.25) is 0 Å². The van der Waals surface area contributed by atoms with Gasteiger partial charge in [0, 0.05) is 44.0 Å². The molecule has 1 aromatic heterocycles. The lowest BCUT2D eigenvalue weighted by molar-refractivity contribution is 0.0767. The van der Waals surface area contributed by atoms with Gasteiger partial charge in [-0.05, 0) is 26.2 Å². The number of nitrogens with zero attached hydrogens (tertiary/aromatic N) is 4. The van der Waals surface area contributed by atoms with Crippen LogP contribution in [0.5, 0.6) is 0 Å². The lowest BCUT2D eigenvalue weighted by Gasteiger charge is -2.23. The predicted molar refractivity (Wildman–Crippen MR) is 88.1 cm³/mol. The molecule has 2 heterocycles. The van der Waals surface area contributed by atoms with Gasteiger partial charge in [0.05, 0.1) is 0 Å². The van der Waals surface area contributed by atoms with Crippen molar-refractivity contribution in [1.82, 2.24) is 14.9 Å². The van der Waals surface area contributed by atoms with Gasteiger partial charge < -0.3 is 15.5 Å². The number of aryl methyl sites for hydroxylation is 1. The Labute approximate surface area is 132 Å². The molecule has 1 atom stereocenters. The van der Waals surface area contributed by atoms with Crippen LogP contribution in [0.25, 0.3) is 0 Å². The summed E-state index contributed by atoms with van der Waals surface area (Å²) in [6.07, 6.45) is 0.957. The molecule has 122 valence electrons. The molecule has 0 aromatic carbocycles. The molecule has 6 heteroatoms. The summed E-state index contributed by atoms with van der Waals surface area (Å²) < 4.78 is 0. The second-order valence-electron chi connectivity index (χ2n) is 6.66. The van der Waals surface area contributed by atoms with Crippen molar-refractivity contribution < 1.29 is 4.79 Å². The van der Waals surface area contributed by atoms with Crippen molar-refractivity contribution in [1.29, 1.82) is 0 Å². The third-order valence-electron chi connectivity index (χ3n) is 4.06. The number of carbonyl (C=O) groups excluding carboxylic acids is 1. The number of hydrogen-bond donors (Lipinski definition) is 1. The summed E-state index contributed by atoms with van der Waals surface area (Å²) >= 11 is 0. The van der Waals surface area contributed by atoms with Crippen molar-refractivity contribution in [2.24, 2.45) is 11.7 Å². The van der Waals surface area contributed by atoms with E-state index in [9.17, 15) is 4.79 Å². The molecule has 1 fully saturated rings. The molecular weight excluding hydrogens is 278 g/mol. The van der Waals surface area contributed by atoms with Crippen molar-refractivity contribution in [3.63, 3.8) is 0 Å². The van der Waals surface area contributed by atoms with E-state index in [-0.39, 0.29) is 17.8 Å². The fourth-order valence-electron chi connectivity index (χ4n) is 2.80. The number of aromatic nitrogens is 2. The predicted octanol–water partition coefficient (Wildman–Crippen LogP) is 1.36. The summed E-state index contributed by atoms with van der Waals surface area (Å²) in [6, 6.07) is 0.178. The number of hydrogen-bond acceptors (Lipinski definition) is 5. The second kappa shape index (κ2) is 6.60. The van der Waals surface area contributed by atoms with Crippen LogP contribution in [0.1, 0.15) is 42.1 Å². The fraction of sp³-hybridized carbons (Fsp3) is 0.688. The van der Waals surface area contributed by atoms with Gasteiger partial charge in [-0.15, -0.1) is 0 Å². The Kier molecular flexibility index (Phi) is 5.01. The van der Waals surface area contributed by atoms with Gasteiger partial charge in [0.1, 0.15) is 5.82 Å². The van der Waals surface area contributed by atoms with E-state index in [1.165, 1.54) is 0 Å². The summed E-state index contributed by atoms with van der Waals surface area (Å²) in [5.74, 6) is 1.42. The minimum Gasteiger partial charge on any atom is -0.355 e. The molecule has 6 nitrogen and oxygen atoms in total. The van der Waals surface area contributed by atoms with E-state index < -0.39 is 0 Å². The lowest BCUT2D eigenvalue weighted by Crippen LogP contribution is -2.33. The lowest BCUT2D eigenvalue weighted by atomic mass is 10.2. The van der Waals surface area contributed by atoms with Crippen molar-refractivity contribution in [2.75, 3.05) is 31.6 Å². The Balaban J connectivity index is 2.30. The van der Waals surface area contributed by atoms with Gasteiger partial charge >= 0.3 is 0 Å². The van der Waals surface area contributed by atoms with Gasteiger partial charge in [-0.25, -0.2) is 9.97 Å². The van der Waals surface area contributed by atoms with Gasteiger partial charge in [0.2, 0.25) is 5.82 Å². The van der Waals surface area contributed by atoms with Crippen molar-refractivity contribution in [3.05, 3.63) is 17.1 Å². The highest BCUT2D eigenvalue weighted by atomic mass is 16.2. The molecule has 1 saturated heterocycles. The SMILES string of the molecule is Cc1nc(C(=O)N(C)CC(C)C)nc(N2CC[C@@H](N)C2)c1C. The van der Waals surface area contributed by atoms with E-state index in [1.54, 1.807) is 11.9 Å². The summed E-state index contributed by atoms with van der Waals surface area (Å²) in [5.41, 5.74) is 7.87. The summed E-state index contributed by atoms with van der Waals surface area (Å²) in [5, 5.41) is 0. The zero-order valence-corrected chi connectivity index (χ0v) is 14.3. The van der Waals surface area contributed by atoms with Crippen LogP contribution in [0.15, 0.2) is 0 Å². The van der Waals surface area contributed by atoms with Crippen LogP contribution < -0.4 is 10.6 Å². The van der Waals surface area contributed by atoms with E-state index >= 15 is 0 Å². The highest BCUT2D eigenvalue weighted by molar-refractivity contribution is 5.90. The average Bonchev–Trinajstić information content (AvgIpc) is 2.86. The monoisotopic (exact) mass is 305 g/mol. The summed E-state index contributed by atoms with van der Waals surface area (Å²) in [4.78, 5) is 25.3. The molecule has 2 rings (SSSR count). The van der Waals surface area contributed by atoms with E-state index in [2.05, 4.69) is 28.7 Å². The maximum atomic E-state index is 12.5. The zero-order valence-electron chi connectivity index (χ0n) is 14.3. The summed E-state index contributed by atoms with van der Waals surface area (Å²) in [7, 11) is 1.80. The van der Waals surface area contributed by atoms with E-state index in [4.69, 9.17) is 5.73 Å². The first-order valence-electron chi connectivity index (χ1n) is 7.90. The molecule has 0 spiro atoms. The minimum atomic E-state index is -0.124.